The number of nitrogens with zero attached hydrogens (tertiary/aromatic N) is 3. The van der Waals surface area contributed by atoms with Crippen LogP contribution in [0.1, 0.15) is 25.0 Å². The van der Waals surface area contributed by atoms with Crippen molar-refractivity contribution in [2.75, 3.05) is 26.2 Å². The van der Waals surface area contributed by atoms with Gasteiger partial charge in [-0.05, 0) is 86.8 Å². The summed E-state index contributed by atoms with van der Waals surface area (Å²) >= 11 is 6.36. The van der Waals surface area contributed by atoms with Gasteiger partial charge in [0.15, 0.2) is 0 Å². The fourth-order valence-corrected chi connectivity index (χ4v) is 4.90. The molecule has 1 aliphatic rings. The molecule has 3 aromatic rings. The van der Waals surface area contributed by atoms with E-state index in [2.05, 4.69) is 9.64 Å². The molecular weight excluding hydrogens is 514 g/mol. The molecule has 0 saturated carbocycles. The molecule has 2 heterocycles. The third kappa shape index (κ3) is 7.07. The highest BCUT2D eigenvalue weighted by Crippen LogP contribution is 2.25. The van der Waals surface area contributed by atoms with Crippen LogP contribution in [-0.4, -0.2) is 46.9 Å². The Labute approximate surface area is 216 Å². The van der Waals surface area contributed by atoms with Crippen molar-refractivity contribution in [3.8, 4) is 17.2 Å². The van der Waals surface area contributed by atoms with Gasteiger partial charge in [-0.2, -0.15) is 0 Å². The molecule has 6 nitrogen and oxygen atoms in total. The quantitative estimate of drug-likeness (QED) is 0.331. The monoisotopic (exact) mass is 541 g/mol. The van der Waals surface area contributed by atoms with Gasteiger partial charge in [-0.3, -0.25) is 9.48 Å². The molecule has 0 spiro atoms. The molecule has 0 aliphatic carbocycles. The number of ether oxygens (including phenoxy) is 2. The van der Waals surface area contributed by atoms with Crippen molar-refractivity contribution in [2.24, 2.45) is 13.0 Å². The van der Waals surface area contributed by atoms with Crippen molar-refractivity contribution < 1.29 is 27.0 Å². The Bertz CT molecular complexity index is 1230. The Balaban J connectivity index is 1.28. The van der Waals surface area contributed by atoms with Crippen molar-refractivity contribution in [3.63, 3.8) is 0 Å². The van der Waals surface area contributed by atoms with Crippen molar-refractivity contribution in [2.45, 2.75) is 32.0 Å². The van der Waals surface area contributed by atoms with Crippen LogP contribution >= 0.6 is 11.6 Å². The molecule has 1 fully saturated rings. The average Bonchev–Trinajstić information content (AvgIpc) is 3.07. The SMILES string of the molecule is Cn1c(CCN2CCC(CCOc3ccc(F)cc3)CC2)c(Cl)c(=O)n1-c1ccc(OC(F)(F)F)cc1. The first-order chi connectivity index (χ1) is 17.6. The number of benzene rings is 2. The van der Waals surface area contributed by atoms with Crippen molar-refractivity contribution in [1.29, 1.82) is 0 Å². The van der Waals surface area contributed by atoms with Crippen LogP contribution in [0.25, 0.3) is 5.69 Å². The van der Waals surface area contributed by atoms with E-state index in [0.29, 0.717) is 36.1 Å². The molecule has 11 heteroatoms. The van der Waals surface area contributed by atoms with Gasteiger partial charge in [0.25, 0.3) is 5.56 Å². The summed E-state index contributed by atoms with van der Waals surface area (Å²) in [6.07, 6.45) is -1.22. The Morgan fingerprint density at radius 3 is 2.24 bits per heavy atom. The molecule has 0 amide bonds. The van der Waals surface area contributed by atoms with Crippen LogP contribution in [0.3, 0.4) is 0 Å². The van der Waals surface area contributed by atoms with E-state index in [0.717, 1.165) is 51.0 Å². The second-order valence-corrected chi connectivity index (χ2v) is 9.45. The molecule has 0 radical (unpaired) electrons. The van der Waals surface area contributed by atoms with Gasteiger partial charge in [0.05, 0.1) is 18.0 Å². The van der Waals surface area contributed by atoms with Crippen LogP contribution < -0.4 is 15.0 Å². The Morgan fingerprint density at radius 2 is 1.62 bits per heavy atom. The summed E-state index contributed by atoms with van der Waals surface area (Å²) in [5.41, 5.74) is 0.625. The van der Waals surface area contributed by atoms with Crippen LogP contribution in [0, 0.1) is 11.7 Å². The fourth-order valence-electron chi connectivity index (χ4n) is 4.60. The van der Waals surface area contributed by atoms with E-state index < -0.39 is 11.9 Å². The zero-order valence-electron chi connectivity index (χ0n) is 20.3. The lowest BCUT2D eigenvalue weighted by Crippen LogP contribution is -2.35. The lowest BCUT2D eigenvalue weighted by molar-refractivity contribution is -0.274. The average molecular weight is 542 g/mol. The van der Waals surface area contributed by atoms with E-state index in [-0.39, 0.29) is 16.6 Å². The zero-order valence-corrected chi connectivity index (χ0v) is 21.1. The number of hydrogen-bond acceptors (Lipinski definition) is 4. The molecular formula is C26H28ClF4N3O3. The molecule has 0 bridgehead atoms. The molecule has 0 N–H and O–H groups in total. The molecule has 1 aromatic heterocycles. The minimum atomic E-state index is -4.79. The first-order valence-corrected chi connectivity index (χ1v) is 12.4. The van der Waals surface area contributed by atoms with E-state index in [9.17, 15) is 22.4 Å². The maximum atomic E-state index is 13.0. The van der Waals surface area contributed by atoms with Crippen molar-refractivity contribution >= 4 is 11.6 Å². The molecule has 37 heavy (non-hydrogen) atoms. The van der Waals surface area contributed by atoms with Gasteiger partial charge in [0.2, 0.25) is 0 Å². The largest absolute Gasteiger partial charge is 0.573 e. The molecule has 4 rings (SSSR count). The number of piperidine rings is 1. The van der Waals surface area contributed by atoms with Crippen LogP contribution in [0.2, 0.25) is 5.02 Å². The number of alkyl halides is 3. The van der Waals surface area contributed by atoms with E-state index in [1.165, 1.54) is 28.9 Å². The van der Waals surface area contributed by atoms with Gasteiger partial charge < -0.3 is 14.4 Å². The molecule has 0 atom stereocenters. The first kappa shape index (κ1) is 27.1. The van der Waals surface area contributed by atoms with E-state index in [1.807, 2.05) is 0 Å². The summed E-state index contributed by atoms with van der Waals surface area (Å²) in [7, 11) is 1.70. The normalized spacial score (nSPS) is 15.2. The number of rotatable bonds is 9. The number of halogens is 5. The van der Waals surface area contributed by atoms with Crippen LogP contribution in [0.15, 0.2) is 53.3 Å². The lowest BCUT2D eigenvalue weighted by Gasteiger charge is -2.32. The molecule has 1 aliphatic heterocycles. The number of likely N-dealkylation sites (tertiary alicyclic amines) is 1. The number of hydrogen-bond donors (Lipinski definition) is 0. The Kier molecular flexibility index (Phi) is 8.49. The maximum absolute atomic E-state index is 13.0. The molecule has 1 saturated heterocycles. The summed E-state index contributed by atoms with van der Waals surface area (Å²) in [5, 5.41) is 0.103. The van der Waals surface area contributed by atoms with E-state index in [1.54, 1.807) is 23.9 Å². The van der Waals surface area contributed by atoms with Gasteiger partial charge in [0.1, 0.15) is 22.3 Å². The standard InChI is InChI=1S/C26H28ClF4N3O3/c1-32-23(24(27)25(35)34(32)20-4-8-22(9-5-20)37-26(29,30)31)12-16-33-14-10-18(11-15-33)13-17-36-21-6-2-19(28)3-7-21/h2-9,18H,10-17H2,1H3. The molecule has 0 unspecified atom stereocenters. The summed E-state index contributed by atoms with van der Waals surface area (Å²) in [5.74, 6) is 0.565. The van der Waals surface area contributed by atoms with E-state index in [4.69, 9.17) is 16.3 Å². The lowest BCUT2D eigenvalue weighted by atomic mass is 9.94. The predicted octanol–water partition coefficient (Wildman–Crippen LogP) is 5.59. The van der Waals surface area contributed by atoms with Gasteiger partial charge in [-0.1, -0.05) is 11.6 Å². The third-order valence-electron chi connectivity index (χ3n) is 6.62. The van der Waals surface area contributed by atoms with Gasteiger partial charge in [0, 0.05) is 20.0 Å². The fraction of sp³-hybridized carbons (Fsp3) is 0.423. The summed E-state index contributed by atoms with van der Waals surface area (Å²) < 4.78 is 62.8. The number of aromatic nitrogens is 2. The highest BCUT2D eigenvalue weighted by atomic mass is 35.5. The smallest absolute Gasteiger partial charge is 0.494 e. The highest BCUT2D eigenvalue weighted by molar-refractivity contribution is 6.31. The topological polar surface area (TPSA) is 48.6 Å². The second kappa shape index (κ2) is 11.6. The molecule has 200 valence electrons. The van der Waals surface area contributed by atoms with E-state index >= 15 is 0 Å². The predicted molar refractivity (Wildman–Crippen MR) is 132 cm³/mol. The first-order valence-electron chi connectivity index (χ1n) is 12.0. The highest BCUT2D eigenvalue weighted by Gasteiger charge is 2.31. The summed E-state index contributed by atoms with van der Waals surface area (Å²) in [6.45, 7) is 3.17. The maximum Gasteiger partial charge on any atom is 0.573 e. The summed E-state index contributed by atoms with van der Waals surface area (Å²) in [4.78, 5) is 15.1. The van der Waals surface area contributed by atoms with Crippen LogP contribution in [0.4, 0.5) is 17.6 Å². The minimum Gasteiger partial charge on any atom is -0.494 e. The van der Waals surface area contributed by atoms with Gasteiger partial charge in [-0.25, -0.2) is 9.07 Å². The van der Waals surface area contributed by atoms with Crippen molar-refractivity contribution in [1.82, 2.24) is 14.3 Å². The van der Waals surface area contributed by atoms with Crippen LogP contribution in [-0.2, 0) is 13.5 Å². The van der Waals surface area contributed by atoms with Crippen molar-refractivity contribution in [3.05, 3.63) is 75.4 Å². The van der Waals surface area contributed by atoms with Crippen LogP contribution in [0.5, 0.6) is 11.5 Å². The Morgan fingerprint density at radius 1 is 1.00 bits per heavy atom. The Hall–Kier alpha value is -2.98. The zero-order chi connectivity index (χ0) is 26.6. The minimum absolute atomic E-state index is 0.103. The van der Waals surface area contributed by atoms with Gasteiger partial charge >= 0.3 is 6.36 Å². The third-order valence-corrected chi connectivity index (χ3v) is 7.00. The summed E-state index contributed by atoms with van der Waals surface area (Å²) in [6, 6.07) is 11.1. The second-order valence-electron chi connectivity index (χ2n) is 9.07. The molecule has 2 aromatic carbocycles. The van der Waals surface area contributed by atoms with Gasteiger partial charge in [-0.15, -0.1) is 13.2 Å².